The van der Waals surface area contributed by atoms with Crippen LogP contribution in [-0.2, 0) is 9.59 Å². The molecular weight excluding hydrogens is 315 g/mol. The molecule has 2 saturated heterocycles. The fourth-order valence-electron chi connectivity index (χ4n) is 2.95. The van der Waals surface area contributed by atoms with Crippen molar-refractivity contribution in [2.24, 2.45) is 0 Å². The molecule has 2 aliphatic heterocycles. The molecule has 0 aromatic heterocycles. The van der Waals surface area contributed by atoms with Crippen LogP contribution < -0.4 is 15.5 Å². The van der Waals surface area contributed by atoms with Crippen LogP contribution in [-0.4, -0.2) is 55.0 Å². The van der Waals surface area contributed by atoms with Crippen LogP contribution >= 0.6 is 0 Å². The minimum absolute atomic E-state index is 0.0253. The molecule has 0 saturated carbocycles. The van der Waals surface area contributed by atoms with E-state index >= 15 is 0 Å². The van der Waals surface area contributed by atoms with E-state index < -0.39 is 12.1 Å². The van der Waals surface area contributed by atoms with Crippen LogP contribution in [0.2, 0.25) is 0 Å². The Kier molecular flexibility index (Phi) is 4.64. The Bertz CT molecular complexity index is 641. The van der Waals surface area contributed by atoms with Crippen LogP contribution in [0.1, 0.15) is 12.8 Å². The zero-order valence-electron chi connectivity index (χ0n) is 13.1. The van der Waals surface area contributed by atoms with E-state index in [2.05, 4.69) is 15.5 Å². The Morgan fingerprint density at radius 3 is 2.38 bits per heavy atom. The number of carbonyl (C=O) groups is 3. The van der Waals surface area contributed by atoms with Crippen molar-refractivity contribution < 1.29 is 18.8 Å². The van der Waals surface area contributed by atoms with Gasteiger partial charge in [0.25, 0.3) is 5.91 Å². The van der Waals surface area contributed by atoms with Crippen molar-refractivity contribution in [3.63, 3.8) is 0 Å². The van der Waals surface area contributed by atoms with E-state index in [4.69, 9.17) is 0 Å². The first kappa shape index (κ1) is 16.2. The maximum Gasteiger partial charge on any atom is 0.322 e. The molecule has 0 spiro atoms. The second-order valence-electron chi connectivity index (χ2n) is 5.90. The maximum absolute atomic E-state index is 13.0. The zero-order chi connectivity index (χ0) is 17.1. The van der Waals surface area contributed by atoms with Gasteiger partial charge in [0.1, 0.15) is 11.9 Å². The Morgan fingerprint density at radius 2 is 1.79 bits per heavy atom. The van der Waals surface area contributed by atoms with Crippen molar-refractivity contribution in [1.82, 2.24) is 15.5 Å². The predicted octanol–water partition coefficient (Wildman–Crippen LogP) is 0.463. The molecule has 4 amide bonds. The van der Waals surface area contributed by atoms with Gasteiger partial charge in [0.15, 0.2) is 0 Å². The van der Waals surface area contributed by atoms with Gasteiger partial charge in [0, 0.05) is 38.3 Å². The van der Waals surface area contributed by atoms with Gasteiger partial charge in [-0.2, -0.15) is 0 Å². The number of halogens is 1. The van der Waals surface area contributed by atoms with Gasteiger partial charge in [0.05, 0.1) is 0 Å². The molecule has 8 heteroatoms. The molecule has 24 heavy (non-hydrogen) atoms. The first-order valence-electron chi connectivity index (χ1n) is 7.92. The lowest BCUT2D eigenvalue weighted by Gasteiger charge is -2.36. The van der Waals surface area contributed by atoms with Gasteiger partial charge in [-0.3, -0.25) is 14.9 Å². The largest absolute Gasteiger partial charge is 0.368 e. The Labute approximate surface area is 138 Å². The zero-order valence-corrected chi connectivity index (χ0v) is 13.1. The normalized spacial score (nSPS) is 20.8. The lowest BCUT2D eigenvalue weighted by Crippen LogP contribution is -2.49. The van der Waals surface area contributed by atoms with Crippen LogP contribution in [0.4, 0.5) is 14.9 Å². The van der Waals surface area contributed by atoms with Crippen molar-refractivity contribution in [3.8, 4) is 0 Å². The second-order valence-corrected chi connectivity index (χ2v) is 5.90. The molecule has 0 bridgehead atoms. The van der Waals surface area contributed by atoms with Crippen LogP contribution in [0.15, 0.2) is 24.3 Å². The quantitative estimate of drug-likeness (QED) is 0.784. The lowest BCUT2D eigenvalue weighted by molar-refractivity contribution is -0.131. The number of carbonyl (C=O) groups excluding carboxylic acids is 3. The first-order valence-corrected chi connectivity index (χ1v) is 7.92. The second kappa shape index (κ2) is 6.86. The SMILES string of the molecule is O=C1NC(=O)C(CCC(=O)N2CCN(c3ccc(F)cc3)CC2)N1. The summed E-state index contributed by atoms with van der Waals surface area (Å²) in [6.45, 7) is 2.52. The number of nitrogens with zero attached hydrogens (tertiary/aromatic N) is 2. The van der Waals surface area contributed by atoms with E-state index in [1.54, 1.807) is 17.0 Å². The highest BCUT2D eigenvalue weighted by molar-refractivity contribution is 6.04. The summed E-state index contributed by atoms with van der Waals surface area (Å²) in [5.41, 5.74) is 0.939. The molecule has 7 nitrogen and oxygen atoms in total. The molecule has 128 valence electrons. The predicted molar refractivity (Wildman–Crippen MR) is 84.9 cm³/mol. The van der Waals surface area contributed by atoms with Gasteiger partial charge in [-0.25, -0.2) is 9.18 Å². The van der Waals surface area contributed by atoms with Crippen LogP contribution in [0, 0.1) is 5.82 Å². The third-order valence-corrected chi connectivity index (χ3v) is 4.33. The Hall–Kier alpha value is -2.64. The number of urea groups is 1. The van der Waals surface area contributed by atoms with E-state index in [1.807, 2.05) is 0 Å². The maximum atomic E-state index is 13.0. The van der Waals surface area contributed by atoms with Crippen molar-refractivity contribution >= 4 is 23.5 Å². The van der Waals surface area contributed by atoms with Gasteiger partial charge < -0.3 is 15.1 Å². The minimum Gasteiger partial charge on any atom is -0.368 e. The summed E-state index contributed by atoms with van der Waals surface area (Å²) in [7, 11) is 0. The number of imide groups is 1. The fourth-order valence-corrected chi connectivity index (χ4v) is 2.95. The number of anilines is 1. The highest BCUT2D eigenvalue weighted by atomic mass is 19.1. The first-order chi connectivity index (χ1) is 11.5. The summed E-state index contributed by atoms with van der Waals surface area (Å²) in [4.78, 5) is 38.6. The third kappa shape index (κ3) is 3.64. The van der Waals surface area contributed by atoms with Gasteiger partial charge in [0.2, 0.25) is 5.91 Å². The molecule has 1 aromatic rings. The summed E-state index contributed by atoms with van der Waals surface area (Å²) in [5.74, 6) is -0.674. The van der Waals surface area contributed by atoms with E-state index in [0.717, 1.165) is 5.69 Å². The number of nitrogens with one attached hydrogen (secondary N) is 2. The smallest absolute Gasteiger partial charge is 0.322 e. The van der Waals surface area contributed by atoms with Crippen LogP contribution in [0.25, 0.3) is 0 Å². The van der Waals surface area contributed by atoms with Crippen molar-refractivity contribution in [2.75, 3.05) is 31.1 Å². The summed E-state index contributed by atoms with van der Waals surface area (Å²) >= 11 is 0. The molecule has 2 heterocycles. The summed E-state index contributed by atoms with van der Waals surface area (Å²) in [6.07, 6.45) is 0.517. The summed E-state index contributed by atoms with van der Waals surface area (Å²) in [5, 5.41) is 4.64. The number of amides is 4. The molecule has 2 fully saturated rings. The highest BCUT2D eigenvalue weighted by Crippen LogP contribution is 2.17. The van der Waals surface area contributed by atoms with Gasteiger partial charge in [-0.15, -0.1) is 0 Å². The molecule has 2 N–H and O–H groups in total. The van der Waals surface area contributed by atoms with E-state index in [0.29, 0.717) is 32.6 Å². The van der Waals surface area contributed by atoms with Crippen molar-refractivity contribution in [1.29, 1.82) is 0 Å². The molecule has 3 rings (SSSR count). The number of piperazine rings is 1. The number of rotatable bonds is 4. The molecule has 2 aliphatic rings. The standard InChI is InChI=1S/C16H19FN4O3/c17-11-1-3-12(4-2-11)20-7-9-21(10-8-20)14(22)6-5-13-15(23)19-16(24)18-13/h1-4,13H,5-10H2,(H2,18,19,23,24). The number of hydrogen-bond donors (Lipinski definition) is 2. The Balaban J connectivity index is 1.46. The Morgan fingerprint density at radius 1 is 1.12 bits per heavy atom. The van der Waals surface area contributed by atoms with Gasteiger partial charge in [-0.1, -0.05) is 0 Å². The summed E-state index contributed by atoms with van der Waals surface area (Å²) < 4.78 is 13.0. The van der Waals surface area contributed by atoms with Gasteiger partial charge in [-0.05, 0) is 30.7 Å². The summed E-state index contributed by atoms with van der Waals surface area (Å²) in [6, 6.07) is 5.18. The fraction of sp³-hybridized carbons (Fsp3) is 0.438. The van der Waals surface area contributed by atoms with Crippen LogP contribution in [0.3, 0.4) is 0 Å². The van der Waals surface area contributed by atoms with E-state index in [-0.39, 0.29) is 24.1 Å². The minimum atomic E-state index is -0.623. The topological polar surface area (TPSA) is 81.8 Å². The molecular formula is C16H19FN4O3. The van der Waals surface area contributed by atoms with Crippen molar-refractivity contribution in [3.05, 3.63) is 30.1 Å². The van der Waals surface area contributed by atoms with Crippen LogP contribution in [0.5, 0.6) is 0 Å². The van der Waals surface area contributed by atoms with E-state index in [1.165, 1.54) is 12.1 Å². The molecule has 0 radical (unpaired) electrons. The molecule has 1 aromatic carbocycles. The molecule has 1 unspecified atom stereocenters. The number of hydrogen-bond acceptors (Lipinski definition) is 4. The average Bonchev–Trinajstić information content (AvgIpc) is 2.91. The average molecular weight is 334 g/mol. The van der Waals surface area contributed by atoms with Crippen molar-refractivity contribution in [2.45, 2.75) is 18.9 Å². The van der Waals surface area contributed by atoms with Gasteiger partial charge >= 0.3 is 6.03 Å². The monoisotopic (exact) mass is 334 g/mol. The third-order valence-electron chi connectivity index (χ3n) is 4.33. The van der Waals surface area contributed by atoms with E-state index in [9.17, 15) is 18.8 Å². The number of benzene rings is 1. The molecule has 1 atom stereocenters. The lowest BCUT2D eigenvalue weighted by atomic mass is 10.1. The molecule has 0 aliphatic carbocycles. The highest BCUT2D eigenvalue weighted by Gasteiger charge is 2.30.